The van der Waals surface area contributed by atoms with E-state index < -0.39 is 30.0 Å². The molecule has 0 aliphatic carbocycles. The average molecular weight is 560 g/mol. The van der Waals surface area contributed by atoms with Gasteiger partial charge in [0.2, 0.25) is 0 Å². The lowest BCUT2D eigenvalue weighted by Crippen LogP contribution is -2.54. The number of halogens is 4. The summed E-state index contributed by atoms with van der Waals surface area (Å²) in [6.07, 6.45) is -4.91. The van der Waals surface area contributed by atoms with Gasteiger partial charge in [-0.15, -0.1) is 24.0 Å². The monoisotopic (exact) mass is 560 g/mol. The fraction of sp³-hybridized carbons (Fsp3) is 0.600. The second-order valence-corrected chi connectivity index (χ2v) is 8.34. The van der Waals surface area contributed by atoms with Gasteiger partial charge in [0.1, 0.15) is 11.4 Å². The number of alkyl carbamates (subject to hydrolysis) is 1. The molecule has 0 spiro atoms. The molecule has 1 aromatic carbocycles. The number of benzene rings is 1. The van der Waals surface area contributed by atoms with Crippen LogP contribution in [0, 0.1) is 0 Å². The highest BCUT2D eigenvalue weighted by Crippen LogP contribution is 2.19. The molecule has 11 heteroatoms. The molecule has 0 saturated heterocycles. The standard InChI is InChI=1S/C20H31F3N4O3.HI/c1-18(2,3)30-17(28)27-19(4,5)12-26-16(24-6)25-11-14-8-7-9-15(10-14)29-13-20(21,22)23;/h7-10H,11-13H2,1-6H3,(H,27,28)(H2,24,25,26);1H. The third-order valence-electron chi connectivity index (χ3n) is 3.52. The van der Waals surface area contributed by atoms with E-state index in [-0.39, 0.29) is 29.7 Å². The second-order valence-electron chi connectivity index (χ2n) is 8.34. The molecule has 1 aromatic rings. The van der Waals surface area contributed by atoms with Crippen LogP contribution < -0.4 is 20.7 Å². The largest absolute Gasteiger partial charge is 0.484 e. The number of hydrogen-bond acceptors (Lipinski definition) is 4. The molecular weight excluding hydrogens is 528 g/mol. The van der Waals surface area contributed by atoms with Crippen molar-refractivity contribution < 1.29 is 27.4 Å². The zero-order valence-corrected chi connectivity index (χ0v) is 21.0. The second kappa shape index (κ2) is 12.2. The number of alkyl halides is 3. The number of aliphatic imine (C=N–C) groups is 1. The van der Waals surface area contributed by atoms with Crippen molar-refractivity contribution in [1.82, 2.24) is 16.0 Å². The van der Waals surface area contributed by atoms with Gasteiger partial charge in [0.25, 0.3) is 0 Å². The van der Waals surface area contributed by atoms with Crippen molar-refractivity contribution in [2.75, 3.05) is 20.2 Å². The van der Waals surface area contributed by atoms with E-state index in [1.807, 2.05) is 13.8 Å². The van der Waals surface area contributed by atoms with E-state index in [0.717, 1.165) is 5.56 Å². The molecule has 0 saturated carbocycles. The smallest absolute Gasteiger partial charge is 0.422 e. The first-order chi connectivity index (χ1) is 13.7. The van der Waals surface area contributed by atoms with Crippen molar-refractivity contribution in [3.63, 3.8) is 0 Å². The summed E-state index contributed by atoms with van der Waals surface area (Å²) < 4.78 is 46.9. The molecular formula is C20H32F3IN4O3. The molecule has 1 rings (SSSR count). The Kier molecular flexibility index (Phi) is 11.4. The highest BCUT2D eigenvalue weighted by molar-refractivity contribution is 14.0. The third kappa shape index (κ3) is 13.9. The van der Waals surface area contributed by atoms with E-state index in [9.17, 15) is 18.0 Å². The van der Waals surface area contributed by atoms with Crippen molar-refractivity contribution >= 4 is 36.0 Å². The van der Waals surface area contributed by atoms with Crippen LogP contribution in [0.25, 0.3) is 0 Å². The summed E-state index contributed by atoms with van der Waals surface area (Å²) in [6, 6.07) is 6.37. The molecule has 178 valence electrons. The molecule has 0 atom stereocenters. The van der Waals surface area contributed by atoms with Crippen LogP contribution in [0.1, 0.15) is 40.2 Å². The topological polar surface area (TPSA) is 84.0 Å². The summed E-state index contributed by atoms with van der Waals surface area (Å²) in [5.41, 5.74) is -0.488. The Hall–Kier alpha value is -1.92. The van der Waals surface area contributed by atoms with E-state index >= 15 is 0 Å². The van der Waals surface area contributed by atoms with E-state index in [2.05, 4.69) is 20.9 Å². The highest BCUT2D eigenvalue weighted by Gasteiger charge is 2.28. The Labute approximate surface area is 198 Å². The van der Waals surface area contributed by atoms with Gasteiger partial charge in [0.05, 0.1) is 5.54 Å². The number of nitrogens with zero attached hydrogens (tertiary/aromatic N) is 1. The van der Waals surface area contributed by atoms with E-state index in [0.29, 0.717) is 19.0 Å². The van der Waals surface area contributed by atoms with Crippen LogP contribution in [0.5, 0.6) is 5.75 Å². The maximum atomic E-state index is 12.3. The number of amides is 1. The zero-order chi connectivity index (χ0) is 23.0. The van der Waals surface area contributed by atoms with Crippen LogP contribution >= 0.6 is 24.0 Å². The van der Waals surface area contributed by atoms with Gasteiger partial charge >= 0.3 is 12.3 Å². The Morgan fingerprint density at radius 3 is 2.29 bits per heavy atom. The summed E-state index contributed by atoms with van der Waals surface area (Å²) in [7, 11) is 1.59. The predicted molar refractivity (Wildman–Crippen MR) is 125 cm³/mol. The minimum Gasteiger partial charge on any atom is -0.484 e. The number of ether oxygens (including phenoxy) is 2. The normalized spacial score (nSPS) is 12.5. The fourth-order valence-electron chi connectivity index (χ4n) is 2.25. The van der Waals surface area contributed by atoms with E-state index in [4.69, 9.17) is 9.47 Å². The molecule has 7 nitrogen and oxygen atoms in total. The van der Waals surface area contributed by atoms with E-state index in [1.165, 1.54) is 12.1 Å². The SMILES string of the molecule is CN=C(NCc1cccc(OCC(F)(F)F)c1)NCC(C)(C)NC(=O)OC(C)(C)C.I. The minimum atomic E-state index is -4.39. The van der Waals surface area contributed by atoms with Crippen molar-refractivity contribution in [3.05, 3.63) is 29.8 Å². The summed E-state index contributed by atoms with van der Waals surface area (Å²) in [6.45, 7) is 8.36. The van der Waals surface area contributed by atoms with Gasteiger partial charge in [-0.05, 0) is 52.3 Å². The Morgan fingerprint density at radius 1 is 1.10 bits per heavy atom. The number of guanidine groups is 1. The molecule has 0 aliphatic rings. The Balaban J connectivity index is 0.00000900. The Bertz CT molecular complexity index is 735. The van der Waals surface area contributed by atoms with Crippen molar-refractivity contribution in [2.24, 2.45) is 4.99 Å². The van der Waals surface area contributed by atoms with Crippen molar-refractivity contribution in [2.45, 2.75) is 58.5 Å². The molecule has 3 N–H and O–H groups in total. The summed E-state index contributed by atoms with van der Waals surface area (Å²) >= 11 is 0. The minimum absolute atomic E-state index is 0. The lowest BCUT2D eigenvalue weighted by molar-refractivity contribution is -0.153. The highest BCUT2D eigenvalue weighted by atomic mass is 127. The average Bonchev–Trinajstić information content (AvgIpc) is 2.57. The van der Waals surface area contributed by atoms with Crippen LogP contribution in [0.15, 0.2) is 29.3 Å². The van der Waals surface area contributed by atoms with Crippen LogP contribution in [-0.2, 0) is 11.3 Å². The molecule has 0 radical (unpaired) electrons. The molecule has 0 unspecified atom stereocenters. The van der Waals surface area contributed by atoms with Crippen molar-refractivity contribution in [1.29, 1.82) is 0 Å². The van der Waals surface area contributed by atoms with E-state index in [1.54, 1.807) is 40.0 Å². The summed E-state index contributed by atoms with van der Waals surface area (Å²) in [5, 5.41) is 8.95. The molecule has 0 aromatic heterocycles. The van der Waals surface area contributed by atoms with Crippen molar-refractivity contribution in [3.8, 4) is 5.75 Å². The van der Waals surface area contributed by atoms with Gasteiger partial charge in [0, 0.05) is 20.1 Å². The Morgan fingerprint density at radius 2 is 1.74 bits per heavy atom. The quantitative estimate of drug-likeness (QED) is 0.265. The lowest BCUT2D eigenvalue weighted by Gasteiger charge is -2.29. The van der Waals surface area contributed by atoms with Crippen LogP contribution in [0.2, 0.25) is 0 Å². The number of carbonyl (C=O) groups excluding carboxylic acids is 1. The van der Waals surface area contributed by atoms with Gasteiger partial charge in [0.15, 0.2) is 12.6 Å². The first kappa shape index (κ1) is 29.1. The molecule has 0 bridgehead atoms. The van der Waals surface area contributed by atoms with Crippen LogP contribution in [0.4, 0.5) is 18.0 Å². The molecule has 31 heavy (non-hydrogen) atoms. The lowest BCUT2D eigenvalue weighted by atomic mass is 10.1. The van der Waals surface area contributed by atoms with Crippen LogP contribution in [-0.4, -0.2) is 49.6 Å². The molecule has 0 fully saturated rings. The third-order valence-corrected chi connectivity index (χ3v) is 3.52. The molecule has 0 aliphatic heterocycles. The molecule has 0 heterocycles. The molecule has 1 amide bonds. The first-order valence-electron chi connectivity index (χ1n) is 9.43. The number of hydrogen-bond donors (Lipinski definition) is 3. The number of carbonyl (C=O) groups is 1. The van der Waals surface area contributed by atoms with Gasteiger partial charge in [-0.1, -0.05) is 12.1 Å². The van der Waals surface area contributed by atoms with Gasteiger partial charge in [-0.2, -0.15) is 13.2 Å². The fourth-order valence-corrected chi connectivity index (χ4v) is 2.25. The summed E-state index contributed by atoms with van der Waals surface area (Å²) in [5.74, 6) is 0.605. The van der Waals surface area contributed by atoms with Gasteiger partial charge in [-0.3, -0.25) is 4.99 Å². The van der Waals surface area contributed by atoms with Gasteiger partial charge < -0.3 is 25.4 Å². The predicted octanol–water partition coefficient (Wildman–Crippen LogP) is 4.21. The number of rotatable bonds is 7. The summed E-state index contributed by atoms with van der Waals surface area (Å²) in [4.78, 5) is 16.1. The first-order valence-corrected chi connectivity index (χ1v) is 9.43. The zero-order valence-electron chi connectivity index (χ0n) is 18.6. The van der Waals surface area contributed by atoms with Crippen LogP contribution in [0.3, 0.4) is 0 Å². The maximum Gasteiger partial charge on any atom is 0.422 e. The number of nitrogens with one attached hydrogen (secondary N) is 3. The maximum absolute atomic E-state index is 12.3. The van der Waals surface area contributed by atoms with Gasteiger partial charge in [-0.25, -0.2) is 4.79 Å².